The second-order valence-corrected chi connectivity index (χ2v) is 12.6. The average molecular weight is 595 g/mol. The van der Waals surface area contributed by atoms with Gasteiger partial charge in [-0.05, 0) is 95.0 Å². The van der Waals surface area contributed by atoms with Crippen molar-refractivity contribution < 1.29 is 14.7 Å². The van der Waals surface area contributed by atoms with Crippen molar-refractivity contribution in [3.8, 4) is 0 Å². The molecule has 0 aliphatic heterocycles. The van der Waals surface area contributed by atoms with Crippen LogP contribution in [0.4, 0.5) is 5.69 Å². The van der Waals surface area contributed by atoms with Crippen LogP contribution in [0.25, 0.3) is 5.70 Å². The molecule has 7 nitrogen and oxygen atoms in total. The van der Waals surface area contributed by atoms with Gasteiger partial charge in [-0.3, -0.25) is 4.79 Å². The lowest BCUT2D eigenvalue weighted by Crippen LogP contribution is -2.40. The summed E-state index contributed by atoms with van der Waals surface area (Å²) < 4.78 is 1.97. The predicted octanol–water partition coefficient (Wildman–Crippen LogP) is 6.37. The van der Waals surface area contributed by atoms with Crippen molar-refractivity contribution in [3.63, 3.8) is 0 Å². The minimum atomic E-state index is -0.660. The van der Waals surface area contributed by atoms with E-state index in [1.54, 1.807) is 24.9 Å². The summed E-state index contributed by atoms with van der Waals surface area (Å²) in [5.41, 5.74) is 2.93. The minimum absolute atomic E-state index is 0.204. The number of aldehydes is 2. The van der Waals surface area contributed by atoms with Gasteiger partial charge in [-0.1, -0.05) is 67.0 Å². The number of hydrogen-bond donors (Lipinski definition) is 3. The zero-order valence-corrected chi connectivity index (χ0v) is 28.8. The molecule has 0 heterocycles. The van der Waals surface area contributed by atoms with Crippen molar-refractivity contribution in [2.24, 2.45) is 17.8 Å². The third kappa shape index (κ3) is 20.6. The largest absolute Gasteiger partial charge is 0.391 e. The lowest BCUT2D eigenvalue weighted by atomic mass is 9.93. The Bertz CT molecular complexity index is 829. The van der Waals surface area contributed by atoms with E-state index in [9.17, 15) is 14.7 Å². The van der Waals surface area contributed by atoms with Gasteiger partial charge in [-0.15, -0.1) is 0 Å². The molecule has 0 saturated carbocycles. The fourth-order valence-electron chi connectivity index (χ4n) is 4.18. The second kappa shape index (κ2) is 24.7. The lowest BCUT2D eigenvalue weighted by molar-refractivity contribution is -0.111. The van der Waals surface area contributed by atoms with Gasteiger partial charge < -0.3 is 29.7 Å². The first-order chi connectivity index (χ1) is 19.3. The fourth-order valence-corrected chi connectivity index (χ4v) is 4.49. The highest BCUT2D eigenvalue weighted by molar-refractivity contribution is 7.99. The van der Waals surface area contributed by atoms with E-state index >= 15 is 0 Å². The highest BCUT2D eigenvalue weighted by Gasteiger charge is 2.23. The van der Waals surface area contributed by atoms with Crippen molar-refractivity contribution in [3.05, 3.63) is 35.9 Å². The van der Waals surface area contributed by atoms with Crippen molar-refractivity contribution in [1.82, 2.24) is 15.5 Å². The standard InChI is InChI=1S/C21H32N2O3S.C7H17N.C5H13N/c1-14(2)7-20(21(26)8-15(3)12-24)22-16(4)18-9-17(13-25)10-19(11-18)23(5)27-6;1-4-6-8(3)7-5-2;1-5(2)4-6-3/h9-15,20-22,26H,4,7-8H2,1-3,5-6H3;4-7H2,1-3H3;5-6H,4H2,1-3H3/t15?,20-,21?;;/m0../s1. The highest BCUT2D eigenvalue weighted by Crippen LogP contribution is 2.25. The number of carbonyl (C=O) groups excluding carboxylic acids is 2. The molecule has 8 heteroatoms. The molecule has 0 radical (unpaired) electrons. The van der Waals surface area contributed by atoms with E-state index in [2.05, 4.69) is 70.7 Å². The Kier molecular flexibility index (Phi) is 24.9. The molecule has 1 aromatic rings. The summed E-state index contributed by atoms with van der Waals surface area (Å²) in [6, 6.07) is 5.35. The number of nitrogens with one attached hydrogen (secondary N) is 2. The van der Waals surface area contributed by atoms with Crippen LogP contribution in [0.3, 0.4) is 0 Å². The quantitative estimate of drug-likeness (QED) is 0.134. The first kappa shape index (κ1) is 41.3. The third-order valence-electron chi connectivity index (χ3n) is 6.28. The smallest absolute Gasteiger partial charge is 0.150 e. The van der Waals surface area contributed by atoms with Crippen LogP contribution >= 0.6 is 11.9 Å². The van der Waals surface area contributed by atoms with Crippen molar-refractivity contribution in [1.29, 1.82) is 0 Å². The van der Waals surface area contributed by atoms with Gasteiger partial charge in [0.2, 0.25) is 0 Å². The lowest BCUT2D eigenvalue weighted by Gasteiger charge is -2.29. The van der Waals surface area contributed by atoms with Gasteiger partial charge >= 0.3 is 0 Å². The number of rotatable bonds is 18. The van der Waals surface area contributed by atoms with Crippen molar-refractivity contribution in [2.75, 3.05) is 51.3 Å². The number of aliphatic hydroxyl groups is 1. The molecule has 238 valence electrons. The molecular weight excluding hydrogens is 532 g/mol. The Hall–Kier alpha value is -1.87. The van der Waals surface area contributed by atoms with Crippen LogP contribution < -0.4 is 14.9 Å². The van der Waals surface area contributed by atoms with Gasteiger partial charge in [0.1, 0.15) is 12.6 Å². The monoisotopic (exact) mass is 594 g/mol. The van der Waals surface area contributed by atoms with Crippen molar-refractivity contribution >= 4 is 35.9 Å². The van der Waals surface area contributed by atoms with E-state index in [1.165, 1.54) is 25.9 Å². The number of aliphatic hydroxyl groups excluding tert-OH is 1. The molecule has 0 fully saturated rings. The van der Waals surface area contributed by atoms with Gasteiger partial charge in [0.15, 0.2) is 0 Å². The molecule has 0 aliphatic carbocycles. The Morgan fingerprint density at radius 2 is 1.59 bits per heavy atom. The molecule has 1 rings (SSSR count). The third-order valence-corrected chi connectivity index (χ3v) is 7.04. The van der Waals surface area contributed by atoms with Crippen LogP contribution in [0.5, 0.6) is 0 Å². The van der Waals surface area contributed by atoms with E-state index in [1.807, 2.05) is 36.8 Å². The van der Waals surface area contributed by atoms with Gasteiger partial charge in [0, 0.05) is 36.2 Å². The van der Waals surface area contributed by atoms with E-state index in [0.29, 0.717) is 23.6 Å². The summed E-state index contributed by atoms with van der Waals surface area (Å²) in [6.45, 7) is 22.5. The summed E-state index contributed by atoms with van der Waals surface area (Å²) in [5, 5.41) is 17.0. The van der Waals surface area contributed by atoms with E-state index in [-0.39, 0.29) is 12.0 Å². The van der Waals surface area contributed by atoms with Crippen LogP contribution in [-0.2, 0) is 4.79 Å². The maximum Gasteiger partial charge on any atom is 0.150 e. The average Bonchev–Trinajstić information content (AvgIpc) is 2.92. The zero-order chi connectivity index (χ0) is 32.0. The zero-order valence-electron chi connectivity index (χ0n) is 28.0. The van der Waals surface area contributed by atoms with Gasteiger partial charge in [0.05, 0.1) is 12.1 Å². The van der Waals surface area contributed by atoms with E-state index in [0.717, 1.165) is 42.7 Å². The highest BCUT2D eigenvalue weighted by atomic mass is 32.2. The normalized spacial score (nSPS) is 13.0. The Balaban J connectivity index is 0. The molecule has 3 atom stereocenters. The number of benzene rings is 1. The summed E-state index contributed by atoms with van der Waals surface area (Å²) in [6.07, 6.45) is 6.68. The molecule has 2 unspecified atom stereocenters. The van der Waals surface area contributed by atoms with Gasteiger partial charge in [0.25, 0.3) is 0 Å². The van der Waals surface area contributed by atoms with E-state index in [4.69, 9.17) is 0 Å². The molecule has 0 amide bonds. The first-order valence-corrected chi connectivity index (χ1v) is 16.3. The van der Waals surface area contributed by atoms with Crippen LogP contribution in [0.1, 0.15) is 90.1 Å². The first-order valence-electron chi connectivity index (χ1n) is 15.1. The molecule has 41 heavy (non-hydrogen) atoms. The molecule has 3 N–H and O–H groups in total. The van der Waals surface area contributed by atoms with Crippen molar-refractivity contribution in [2.45, 2.75) is 86.3 Å². The molecule has 1 aromatic carbocycles. The second-order valence-electron chi connectivity index (χ2n) is 11.6. The van der Waals surface area contributed by atoms with Crippen LogP contribution in [0.15, 0.2) is 24.8 Å². The van der Waals surface area contributed by atoms with Crippen LogP contribution in [0, 0.1) is 17.8 Å². The van der Waals surface area contributed by atoms with Crippen LogP contribution in [-0.4, -0.2) is 81.8 Å². The molecule has 0 spiro atoms. The topological polar surface area (TPSA) is 84.9 Å². The summed E-state index contributed by atoms with van der Waals surface area (Å²) in [5.74, 6) is 0.955. The maximum absolute atomic E-state index is 11.3. The fraction of sp³-hybridized carbons (Fsp3) is 0.697. The number of anilines is 1. The molecule has 0 aliphatic rings. The summed E-state index contributed by atoms with van der Waals surface area (Å²) in [4.78, 5) is 24.6. The number of hydrogen-bond acceptors (Lipinski definition) is 8. The predicted molar refractivity (Wildman–Crippen MR) is 182 cm³/mol. The maximum atomic E-state index is 11.3. The minimum Gasteiger partial charge on any atom is -0.391 e. The molecular formula is C33H62N4O3S. The summed E-state index contributed by atoms with van der Waals surface area (Å²) >= 11 is 1.55. The van der Waals surface area contributed by atoms with E-state index < -0.39 is 6.10 Å². The SMILES string of the molecule is C=C(N[C@@H](CC(C)C)C(O)CC(C)C=O)c1cc(C=O)cc(N(C)SC)c1.CCCN(C)CCC.CNCC(C)C. The Labute approximate surface area is 257 Å². The van der Waals surface area contributed by atoms with Crippen LogP contribution in [0.2, 0.25) is 0 Å². The number of nitrogens with zero attached hydrogens (tertiary/aromatic N) is 2. The molecule has 0 aromatic heterocycles. The van der Waals surface area contributed by atoms with Gasteiger partial charge in [-0.25, -0.2) is 0 Å². The Morgan fingerprint density at radius 3 is 1.98 bits per heavy atom. The number of carbonyl (C=O) groups is 2. The van der Waals surface area contributed by atoms with Gasteiger partial charge in [-0.2, -0.15) is 0 Å². The Morgan fingerprint density at radius 1 is 1.00 bits per heavy atom. The molecule has 0 bridgehead atoms. The molecule has 0 saturated heterocycles. The summed E-state index contributed by atoms with van der Waals surface area (Å²) in [7, 11) is 6.08.